The Bertz CT molecular complexity index is 203. The Morgan fingerprint density at radius 2 is 2.12 bits per heavy atom. The normalized spacial score (nSPS) is 17.1. The molecule has 0 spiro atoms. The summed E-state index contributed by atoms with van der Waals surface area (Å²) in [5.74, 6) is 0.607. The van der Waals surface area contributed by atoms with E-state index in [1.54, 1.807) is 4.90 Å². The summed E-state index contributed by atoms with van der Waals surface area (Å²) in [6, 6.07) is 0.0555. The van der Waals surface area contributed by atoms with Crippen LogP contribution in [0.3, 0.4) is 0 Å². The van der Waals surface area contributed by atoms with Gasteiger partial charge in [0.1, 0.15) is 0 Å². The molecule has 1 N–H and O–H groups in total. The average molecular weight is 228 g/mol. The van der Waals surface area contributed by atoms with Gasteiger partial charge in [-0.2, -0.15) is 0 Å². The van der Waals surface area contributed by atoms with Gasteiger partial charge in [-0.3, -0.25) is 0 Å². The van der Waals surface area contributed by atoms with Gasteiger partial charge in [-0.1, -0.05) is 13.3 Å². The second-order valence-corrected chi connectivity index (χ2v) is 4.52. The van der Waals surface area contributed by atoms with E-state index in [9.17, 15) is 4.79 Å². The molecule has 4 nitrogen and oxygen atoms in total. The van der Waals surface area contributed by atoms with E-state index in [4.69, 9.17) is 4.74 Å². The van der Waals surface area contributed by atoms with Gasteiger partial charge in [-0.25, -0.2) is 4.79 Å². The standard InChI is InChI=1S/C12H24N2O2/c1-3-4-7-13-12(15)14(2)10-11-5-8-16-9-6-11/h11H,3-10H2,1-2H3,(H,13,15). The molecule has 0 radical (unpaired) electrons. The molecule has 1 rings (SSSR count). The van der Waals surface area contributed by atoms with Crippen LogP contribution in [0, 0.1) is 5.92 Å². The number of rotatable bonds is 5. The molecule has 0 saturated carbocycles. The van der Waals surface area contributed by atoms with Crippen molar-refractivity contribution < 1.29 is 9.53 Å². The maximum absolute atomic E-state index is 11.7. The average Bonchev–Trinajstić information content (AvgIpc) is 2.30. The monoisotopic (exact) mass is 228 g/mol. The molecule has 0 aliphatic carbocycles. The summed E-state index contributed by atoms with van der Waals surface area (Å²) >= 11 is 0. The van der Waals surface area contributed by atoms with Gasteiger partial charge in [-0.05, 0) is 25.2 Å². The number of unbranched alkanes of at least 4 members (excludes halogenated alkanes) is 1. The smallest absolute Gasteiger partial charge is 0.317 e. The van der Waals surface area contributed by atoms with E-state index in [1.165, 1.54) is 0 Å². The van der Waals surface area contributed by atoms with Gasteiger partial charge < -0.3 is 15.0 Å². The highest BCUT2D eigenvalue weighted by Gasteiger charge is 2.18. The molecule has 1 saturated heterocycles. The van der Waals surface area contributed by atoms with E-state index in [0.29, 0.717) is 5.92 Å². The van der Waals surface area contributed by atoms with Crippen LogP contribution in [-0.4, -0.2) is 44.3 Å². The first-order valence-electron chi connectivity index (χ1n) is 6.30. The van der Waals surface area contributed by atoms with E-state index >= 15 is 0 Å². The second-order valence-electron chi connectivity index (χ2n) is 4.52. The molecule has 0 aromatic carbocycles. The van der Waals surface area contributed by atoms with Crippen molar-refractivity contribution in [2.75, 3.05) is 33.4 Å². The second kappa shape index (κ2) is 7.49. The minimum absolute atomic E-state index is 0.0555. The van der Waals surface area contributed by atoms with Crippen LogP contribution >= 0.6 is 0 Å². The maximum atomic E-state index is 11.7. The number of ether oxygens (including phenoxy) is 1. The van der Waals surface area contributed by atoms with Crippen molar-refractivity contribution in [1.82, 2.24) is 10.2 Å². The minimum Gasteiger partial charge on any atom is -0.381 e. The van der Waals surface area contributed by atoms with Crippen molar-refractivity contribution in [3.63, 3.8) is 0 Å². The largest absolute Gasteiger partial charge is 0.381 e. The number of hydrogen-bond donors (Lipinski definition) is 1. The third kappa shape index (κ3) is 4.84. The lowest BCUT2D eigenvalue weighted by atomic mass is 10.0. The lowest BCUT2D eigenvalue weighted by Crippen LogP contribution is -2.41. The zero-order valence-electron chi connectivity index (χ0n) is 10.5. The van der Waals surface area contributed by atoms with Crippen LogP contribution in [-0.2, 0) is 4.74 Å². The molecule has 0 bridgehead atoms. The van der Waals surface area contributed by atoms with Crippen LogP contribution in [0.1, 0.15) is 32.6 Å². The Labute approximate surface area is 98.3 Å². The fourth-order valence-electron chi connectivity index (χ4n) is 1.91. The van der Waals surface area contributed by atoms with Gasteiger partial charge in [0.2, 0.25) is 0 Å². The molecule has 0 aromatic rings. The summed E-state index contributed by atoms with van der Waals surface area (Å²) < 4.78 is 5.30. The van der Waals surface area contributed by atoms with Crippen molar-refractivity contribution in [3.05, 3.63) is 0 Å². The zero-order valence-corrected chi connectivity index (χ0v) is 10.5. The number of amides is 2. The summed E-state index contributed by atoms with van der Waals surface area (Å²) in [7, 11) is 1.87. The first kappa shape index (κ1) is 13.3. The van der Waals surface area contributed by atoms with E-state index in [2.05, 4.69) is 12.2 Å². The SMILES string of the molecule is CCCCNC(=O)N(C)CC1CCOCC1. The lowest BCUT2D eigenvalue weighted by Gasteiger charge is -2.27. The van der Waals surface area contributed by atoms with Crippen LogP contribution in [0.15, 0.2) is 0 Å². The summed E-state index contributed by atoms with van der Waals surface area (Å²) in [4.78, 5) is 13.5. The Kier molecular flexibility index (Phi) is 6.23. The molecule has 94 valence electrons. The molecule has 1 fully saturated rings. The van der Waals surface area contributed by atoms with Gasteiger partial charge in [-0.15, -0.1) is 0 Å². The minimum atomic E-state index is 0.0555. The summed E-state index contributed by atoms with van der Waals surface area (Å²) in [6.07, 6.45) is 4.32. The molecule has 0 atom stereocenters. The third-order valence-electron chi connectivity index (χ3n) is 3.03. The molecule has 1 aliphatic heterocycles. The van der Waals surface area contributed by atoms with E-state index < -0.39 is 0 Å². The van der Waals surface area contributed by atoms with Crippen molar-refractivity contribution in [2.45, 2.75) is 32.6 Å². The van der Waals surface area contributed by atoms with Gasteiger partial charge in [0.15, 0.2) is 0 Å². The van der Waals surface area contributed by atoms with E-state index in [1.807, 2.05) is 7.05 Å². The molecule has 1 heterocycles. The number of nitrogens with one attached hydrogen (secondary N) is 1. The fourth-order valence-corrected chi connectivity index (χ4v) is 1.91. The van der Waals surface area contributed by atoms with Gasteiger partial charge in [0.05, 0.1) is 0 Å². The molecular formula is C12H24N2O2. The highest BCUT2D eigenvalue weighted by Crippen LogP contribution is 2.15. The molecule has 16 heavy (non-hydrogen) atoms. The van der Waals surface area contributed by atoms with Crippen LogP contribution in [0.5, 0.6) is 0 Å². The predicted molar refractivity (Wildman–Crippen MR) is 64.5 cm³/mol. The molecule has 0 unspecified atom stereocenters. The first-order valence-corrected chi connectivity index (χ1v) is 6.30. The Morgan fingerprint density at radius 3 is 2.75 bits per heavy atom. The highest BCUT2D eigenvalue weighted by molar-refractivity contribution is 5.73. The molecule has 4 heteroatoms. The number of carbonyl (C=O) groups is 1. The summed E-state index contributed by atoms with van der Waals surface area (Å²) in [6.45, 7) is 5.44. The number of urea groups is 1. The number of nitrogens with zero attached hydrogens (tertiary/aromatic N) is 1. The highest BCUT2D eigenvalue weighted by atomic mass is 16.5. The lowest BCUT2D eigenvalue weighted by molar-refractivity contribution is 0.0586. The van der Waals surface area contributed by atoms with Gasteiger partial charge >= 0.3 is 6.03 Å². The van der Waals surface area contributed by atoms with Crippen LogP contribution < -0.4 is 5.32 Å². The number of hydrogen-bond acceptors (Lipinski definition) is 2. The Hall–Kier alpha value is -0.770. The van der Waals surface area contributed by atoms with Crippen molar-refractivity contribution in [3.8, 4) is 0 Å². The topological polar surface area (TPSA) is 41.6 Å². The zero-order chi connectivity index (χ0) is 11.8. The number of carbonyl (C=O) groups excluding carboxylic acids is 1. The summed E-state index contributed by atoms with van der Waals surface area (Å²) in [5, 5.41) is 2.93. The maximum Gasteiger partial charge on any atom is 0.317 e. The van der Waals surface area contributed by atoms with Crippen molar-refractivity contribution >= 4 is 6.03 Å². The van der Waals surface area contributed by atoms with Crippen LogP contribution in [0.2, 0.25) is 0 Å². The van der Waals surface area contributed by atoms with Crippen molar-refractivity contribution in [1.29, 1.82) is 0 Å². The quantitative estimate of drug-likeness (QED) is 0.730. The Morgan fingerprint density at radius 1 is 1.44 bits per heavy atom. The first-order chi connectivity index (χ1) is 7.74. The molecule has 2 amide bonds. The van der Waals surface area contributed by atoms with Gasteiger partial charge in [0.25, 0.3) is 0 Å². The Balaban J connectivity index is 2.16. The van der Waals surface area contributed by atoms with E-state index in [-0.39, 0.29) is 6.03 Å². The molecule has 1 aliphatic rings. The van der Waals surface area contributed by atoms with Gasteiger partial charge in [0, 0.05) is 33.4 Å². The van der Waals surface area contributed by atoms with Crippen LogP contribution in [0.25, 0.3) is 0 Å². The predicted octanol–water partition coefficient (Wildman–Crippen LogP) is 1.85. The van der Waals surface area contributed by atoms with Crippen molar-refractivity contribution in [2.24, 2.45) is 5.92 Å². The molecule has 0 aromatic heterocycles. The molecular weight excluding hydrogens is 204 g/mol. The third-order valence-corrected chi connectivity index (χ3v) is 3.03. The fraction of sp³-hybridized carbons (Fsp3) is 0.917. The summed E-state index contributed by atoms with van der Waals surface area (Å²) in [5.41, 5.74) is 0. The van der Waals surface area contributed by atoms with Crippen LogP contribution in [0.4, 0.5) is 4.79 Å². The van der Waals surface area contributed by atoms with E-state index in [0.717, 1.165) is 52.0 Å².